The van der Waals surface area contributed by atoms with Crippen molar-refractivity contribution in [3.63, 3.8) is 0 Å². The van der Waals surface area contributed by atoms with Crippen molar-refractivity contribution in [2.75, 3.05) is 19.0 Å². The summed E-state index contributed by atoms with van der Waals surface area (Å²) in [5.74, 6) is 1.14. The average molecular weight is 332 g/mol. The molecule has 1 rings (SSSR count). The lowest BCUT2D eigenvalue weighted by Gasteiger charge is -2.14. The fourth-order valence-electron chi connectivity index (χ4n) is 1.73. The quantitative estimate of drug-likeness (QED) is 0.413. The highest BCUT2D eigenvalue weighted by molar-refractivity contribution is 9.09. The smallest absolute Gasteiger partial charge is 0.314 e. The van der Waals surface area contributed by atoms with E-state index in [1.807, 2.05) is 0 Å². The van der Waals surface area contributed by atoms with Crippen molar-refractivity contribution >= 4 is 21.6 Å². The third-order valence-electron chi connectivity index (χ3n) is 2.75. The minimum atomic E-state index is -0.473. The number of nitro benzene ring substituents is 1. The van der Waals surface area contributed by atoms with Gasteiger partial charge in [-0.1, -0.05) is 29.3 Å². The van der Waals surface area contributed by atoms with Gasteiger partial charge >= 0.3 is 5.69 Å². The number of methoxy groups -OCH3 is 1. The first kappa shape index (κ1) is 15.8. The maximum atomic E-state index is 10.9. The van der Waals surface area contributed by atoms with Crippen LogP contribution in [-0.4, -0.2) is 24.0 Å². The summed E-state index contributed by atoms with van der Waals surface area (Å²) >= 11 is 3.44. The van der Waals surface area contributed by atoms with Crippen LogP contribution in [0.5, 0.6) is 11.5 Å². The summed E-state index contributed by atoms with van der Waals surface area (Å²) in [6, 6.07) is 4.63. The predicted molar refractivity (Wildman–Crippen MR) is 77.3 cm³/mol. The molecule has 0 aromatic heterocycles. The Morgan fingerprint density at radius 2 is 2.21 bits per heavy atom. The molecule has 1 unspecified atom stereocenters. The number of halogens is 1. The highest BCUT2D eigenvalue weighted by Crippen LogP contribution is 2.31. The highest BCUT2D eigenvalue weighted by atomic mass is 79.9. The summed E-state index contributed by atoms with van der Waals surface area (Å²) in [6.07, 6.45) is 2.14. The number of rotatable bonds is 8. The summed E-state index contributed by atoms with van der Waals surface area (Å²) in [7, 11) is 1.41. The van der Waals surface area contributed by atoms with Gasteiger partial charge in [0.1, 0.15) is 5.75 Å². The van der Waals surface area contributed by atoms with Crippen LogP contribution in [0.4, 0.5) is 5.69 Å². The first-order chi connectivity index (χ1) is 9.12. The van der Waals surface area contributed by atoms with Crippen LogP contribution in [0.25, 0.3) is 0 Å². The third kappa shape index (κ3) is 4.70. The van der Waals surface area contributed by atoms with Gasteiger partial charge in [0, 0.05) is 11.2 Å². The first-order valence-electron chi connectivity index (χ1n) is 6.13. The van der Waals surface area contributed by atoms with Crippen molar-refractivity contribution in [2.45, 2.75) is 19.8 Å². The molecule has 0 amide bonds. The topological polar surface area (TPSA) is 61.6 Å². The van der Waals surface area contributed by atoms with Gasteiger partial charge in [-0.3, -0.25) is 10.1 Å². The summed E-state index contributed by atoms with van der Waals surface area (Å²) in [4.78, 5) is 10.4. The van der Waals surface area contributed by atoms with E-state index in [-0.39, 0.29) is 11.4 Å². The molecule has 0 heterocycles. The normalized spacial score (nSPS) is 11.9. The van der Waals surface area contributed by atoms with E-state index in [2.05, 4.69) is 22.9 Å². The zero-order valence-corrected chi connectivity index (χ0v) is 12.7. The Balaban J connectivity index is 2.74. The van der Waals surface area contributed by atoms with Crippen molar-refractivity contribution in [3.8, 4) is 11.5 Å². The Bertz CT molecular complexity index is 425. The number of hydrogen-bond acceptors (Lipinski definition) is 4. The standard InChI is InChI=1S/C13H18BrNO4/c1-3-4-10(8-14)9-19-11-5-6-13(18-2)12(7-11)15(16)17/h5-7,10H,3-4,8-9H2,1-2H3. The minimum Gasteiger partial charge on any atom is -0.493 e. The van der Waals surface area contributed by atoms with Gasteiger partial charge < -0.3 is 9.47 Å². The van der Waals surface area contributed by atoms with E-state index in [0.29, 0.717) is 18.3 Å². The zero-order valence-electron chi connectivity index (χ0n) is 11.1. The Morgan fingerprint density at radius 1 is 1.47 bits per heavy atom. The molecule has 5 nitrogen and oxygen atoms in total. The molecule has 19 heavy (non-hydrogen) atoms. The number of nitro groups is 1. The Morgan fingerprint density at radius 3 is 2.74 bits per heavy atom. The van der Waals surface area contributed by atoms with Crippen LogP contribution in [-0.2, 0) is 0 Å². The highest BCUT2D eigenvalue weighted by Gasteiger charge is 2.16. The first-order valence-corrected chi connectivity index (χ1v) is 7.25. The maximum absolute atomic E-state index is 10.9. The predicted octanol–water partition coefficient (Wildman–Crippen LogP) is 3.79. The van der Waals surface area contributed by atoms with Crippen LogP contribution in [0, 0.1) is 16.0 Å². The van der Waals surface area contributed by atoms with Gasteiger partial charge in [-0.2, -0.15) is 0 Å². The molecule has 1 aromatic rings. The molecule has 0 aliphatic heterocycles. The van der Waals surface area contributed by atoms with Crippen molar-refractivity contribution in [2.24, 2.45) is 5.92 Å². The molecule has 1 aromatic carbocycles. The minimum absolute atomic E-state index is 0.0779. The number of alkyl halides is 1. The molecule has 0 spiro atoms. The van der Waals surface area contributed by atoms with Gasteiger partial charge in [-0.15, -0.1) is 0 Å². The van der Waals surface area contributed by atoms with E-state index in [0.717, 1.165) is 18.2 Å². The van der Waals surface area contributed by atoms with Gasteiger partial charge in [-0.25, -0.2) is 0 Å². The second-order valence-corrected chi connectivity index (χ2v) is 4.86. The van der Waals surface area contributed by atoms with Gasteiger partial charge in [-0.05, 0) is 18.6 Å². The summed E-state index contributed by atoms with van der Waals surface area (Å²) in [6.45, 7) is 2.66. The van der Waals surface area contributed by atoms with Crippen LogP contribution >= 0.6 is 15.9 Å². The molecule has 0 aliphatic carbocycles. The molecule has 6 heteroatoms. The number of ether oxygens (including phenoxy) is 2. The molecular formula is C13H18BrNO4. The number of hydrogen-bond donors (Lipinski definition) is 0. The summed E-state index contributed by atoms with van der Waals surface area (Å²) in [5.41, 5.74) is -0.0779. The van der Waals surface area contributed by atoms with E-state index < -0.39 is 4.92 Å². The van der Waals surface area contributed by atoms with Gasteiger partial charge in [0.25, 0.3) is 0 Å². The van der Waals surface area contributed by atoms with Crippen LogP contribution in [0.3, 0.4) is 0 Å². The van der Waals surface area contributed by atoms with Gasteiger partial charge in [0.15, 0.2) is 5.75 Å². The zero-order chi connectivity index (χ0) is 14.3. The third-order valence-corrected chi connectivity index (χ3v) is 3.66. The summed E-state index contributed by atoms with van der Waals surface area (Å²) in [5, 5.41) is 11.8. The van der Waals surface area contributed by atoms with E-state index in [4.69, 9.17) is 9.47 Å². The van der Waals surface area contributed by atoms with Crippen LogP contribution in [0.15, 0.2) is 18.2 Å². The molecule has 0 bridgehead atoms. The Hall–Kier alpha value is -1.30. The molecule has 1 atom stereocenters. The average Bonchev–Trinajstić information content (AvgIpc) is 2.43. The lowest BCUT2D eigenvalue weighted by Crippen LogP contribution is -2.13. The summed E-state index contributed by atoms with van der Waals surface area (Å²) < 4.78 is 10.6. The molecule has 0 aliphatic rings. The van der Waals surface area contributed by atoms with Gasteiger partial charge in [0.05, 0.1) is 24.7 Å². The molecule has 0 saturated carbocycles. The lowest BCUT2D eigenvalue weighted by molar-refractivity contribution is -0.385. The second kappa shape index (κ2) is 7.99. The van der Waals surface area contributed by atoms with Crippen molar-refractivity contribution in [3.05, 3.63) is 28.3 Å². The molecule has 0 saturated heterocycles. The Labute approximate surface area is 121 Å². The van der Waals surface area contributed by atoms with Crippen molar-refractivity contribution < 1.29 is 14.4 Å². The SMILES string of the molecule is CCCC(CBr)COc1ccc(OC)c([N+](=O)[O-])c1. The molecule has 0 fully saturated rings. The van der Waals surface area contributed by atoms with E-state index in [1.165, 1.54) is 13.2 Å². The monoisotopic (exact) mass is 331 g/mol. The number of nitrogens with zero attached hydrogens (tertiary/aromatic N) is 1. The van der Waals surface area contributed by atoms with Crippen LogP contribution in [0.1, 0.15) is 19.8 Å². The molecule has 106 valence electrons. The fraction of sp³-hybridized carbons (Fsp3) is 0.538. The molecular weight excluding hydrogens is 314 g/mol. The van der Waals surface area contributed by atoms with Crippen molar-refractivity contribution in [1.29, 1.82) is 0 Å². The van der Waals surface area contributed by atoms with E-state index >= 15 is 0 Å². The maximum Gasteiger partial charge on any atom is 0.314 e. The van der Waals surface area contributed by atoms with E-state index in [1.54, 1.807) is 12.1 Å². The Kier molecular flexibility index (Phi) is 6.62. The van der Waals surface area contributed by atoms with Crippen molar-refractivity contribution in [1.82, 2.24) is 0 Å². The van der Waals surface area contributed by atoms with Gasteiger partial charge in [0.2, 0.25) is 0 Å². The second-order valence-electron chi connectivity index (χ2n) is 4.21. The van der Waals surface area contributed by atoms with Crippen LogP contribution in [0.2, 0.25) is 0 Å². The fourth-order valence-corrected chi connectivity index (χ4v) is 2.24. The molecule has 0 N–H and O–H groups in total. The largest absolute Gasteiger partial charge is 0.493 e. The van der Waals surface area contributed by atoms with E-state index in [9.17, 15) is 10.1 Å². The van der Waals surface area contributed by atoms with Crippen LogP contribution < -0.4 is 9.47 Å². The lowest BCUT2D eigenvalue weighted by atomic mass is 10.1. The number of benzene rings is 1. The molecule has 0 radical (unpaired) electrons.